The summed E-state index contributed by atoms with van der Waals surface area (Å²) in [6.07, 6.45) is 1.24. The summed E-state index contributed by atoms with van der Waals surface area (Å²) in [6, 6.07) is 10.6. The van der Waals surface area contributed by atoms with Gasteiger partial charge in [-0.05, 0) is 42.3 Å². The van der Waals surface area contributed by atoms with Gasteiger partial charge < -0.3 is 5.11 Å². The Bertz CT molecular complexity index is 923. The van der Waals surface area contributed by atoms with Crippen molar-refractivity contribution in [3.63, 3.8) is 0 Å². The molecule has 3 rings (SSSR count). The molecule has 3 aromatic rings. The van der Waals surface area contributed by atoms with Crippen LogP contribution < -0.4 is 0 Å². The van der Waals surface area contributed by atoms with E-state index in [9.17, 15) is 18.7 Å². The number of aryl methyl sites for hydroxylation is 1. The lowest BCUT2D eigenvalue weighted by molar-refractivity contribution is 0.0687. The van der Waals surface area contributed by atoms with Crippen LogP contribution in [0.2, 0.25) is 0 Å². The zero-order valence-corrected chi connectivity index (χ0v) is 14.1. The average molecular weight is 360 g/mol. The van der Waals surface area contributed by atoms with Gasteiger partial charge in [-0.25, -0.2) is 18.6 Å². The Kier molecular flexibility index (Phi) is 4.85. The zero-order chi connectivity index (χ0) is 18.0. The number of thioether (sulfide) groups is 1. The van der Waals surface area contributed by atoms with Gasteiger partial charge in [-0.15, -0.1) is 0 Å². The van der Waals surface area contributed by atoms with E-state index in [1.165, 1.54) is 46.8 Å². The van der Waals surface area contributed by atoms with Crippen molar-refractivity contribution in [3.8, 4) is 5.69 Å². The molecule has 0 saturated heterocycles. The minimum Gasteiger partial charge on any atom is -0.477 e. The maximum absolute atomic E-state index is 14.1. The molecular formula is C18H14F2N2O2S. The lowest BCUT2D eigenvalue weighted by Crippen LogP contribution is -2.07. The summed E-state index contributed by atoms with van der Waals surface area (Å²) in [4.78, 5) is 15.6. The molecule has 1 aromatic heterocycles. The lowest BCUT2D eigenvalue weighted by atomic mass is 10.1. The maximum Gasteiger partial charge on any atom is 0.354 e. The fourth-order valence-electron chi connectivity index (χ4n) is 2.39. The van der Waals surface area contributed by atoms with Crippen LogP contribution in [0.5, 0.6) is 0 Å². The minimum atomic E-state index is -1.15. The highest BCUT2D eigenvalue weighted by Gasteiger charge is 2.18. The molecule has 1 N–H and O–H groups in total. The Morgan fingerprint density at radius 1 is 1.20 bits per heavy atom. The van der Waals surface area contributed by atoms with Crippen molar-refractivity contribution in [2.75, 3.05) is 0 Å². The molecule has 4 nitrogen and oxygen atoms in total. The van der Waals surface area contributed by atoms with E-state index < -0.39 is 11.8 Å². The van der Waals surface area contributed by atoms with Crippen LogP contribution in [0.25, 0.3) is 5.69 Å². The van der Waals surface area contributed by atoms with Crippen LogP contribution in [0.15, 0.2) is 53.8 Å². The highest BCUT2D eigenvalue weighted by Crippen LogP contribution is 2.28. The van der Waals surface area contributed by atoms with Gasteiger partial charge in [0.2, 0.25) is 0 Å². The first-order valence-electron chi connectivity index (χ1n) is 7.41. The van der Waals surface area contributed by atoms with Gasteiger partial charge in [-0.2, -0.15) is 0 Å². The van der Waals surface area contributed by atoms with Gasteiger partial charge >= 0.3 is 5.97 Å². The van der Waals surface area contributed by atoms with E-state index in [-0.39, 0.29) is 11.5 Å². The van der Waals surface area contributed by atoms with Gasteiger partial charge in [0.05, 0.1) is 6.20 Å². The fraction of sp³-hybridized carbons (Fsp3) is 0.111. The number of hydrogen-bond donors (Lipinski definition) is 1. The van der Waals surface area contributed by atoms with Crippen molar-refractivity contribution in [2.45, 2.75) is 17.8 Å². The van der Waals surface area contributed by atoms with Gasteiger partial charge in [0, 0.05) is 11.4 Å². The molecule has 0 saturated carbocycles. The largest absolute Gasteiger partial charge is 0.477 e. The van der Waals surface area contributed by atoms with Crippen molar-refractivity contribution >= 4 is 17.7 Å². The van der Waals surface area contributed by atoms with Crippen molar-refractivity contribution in [1.29, 1.82) is 0 Å². The highest BCUT2D eigenvalue weighted by molar-refractivity contribution is 7.98. The molecule has 0 unspecified atom stereocenters. The number of rotatable bonds is 5. The fourth-order valence-corrected chi connectivity index (χ4v) is 3.36. The predicted molar refractivity (Wildman–Crippen MR) is 91.2 cm³/mol. The summed E-state index contributed by atoms with van der Waals surface area (Å²) in [7, 11) is 0. The van der Waals surface area contributed by atoms with E-state index >= 15 is 0 Å². The summed E-state index contributed by atoms with van der Waals surface area (Å²) in [5.41, 5.74) is 1.49. The summed E-state index contributed by atoms with van der Waals surface area (Å²) >= 11 is 1.22. The predicted octanol–water partition coefficient (Wildman–Crippen LogP) is 4.45. The lowest BCUT2D eigenvalue weighted by Gasteiger charge is -2.10. The molecule has 0 amide bonds. The third-order valence-corrected chi connectivity index (χ3v) is 4.66. The number of halogens is 2. The number of carbonyl (C=O) groups is 1. The molecular weight excluding hydrogens is 346 g/mol. The quantitative estimate of drug-likeness (QED) is 0.683. The second-order valence-electron chi connectivity index (χ2n) is 5.38. The Balaban J connectivity index is 1.95. The number of carboxylic acids is 1. The van der Waals surface area contributed by atoms with Crippen LogP contribution in [-0.4, -0.2) is 20.6 Å². The molecule has 0 fully saturated rings. The zero-order valence-electron chi connectivity index (χ0n) is 13.2. The molecule has 2 aromatic carbocycles. The molecule has 0 aliphatic rings. The van der Waals surface area contributed by atoms with Crippen LogP contribution in [0.4, 0.5) is 8.78 Å². The second kappa shape index (κ2) is 7.06. The van der Waals surface area contributed by atoms with Crippen molar-refractivity contribution in [2.24, 2.45) is 0 Å². The van der Waals surface area contributed by atoms with E-state index in [0.29, 0.717) is 27.7 Å². The summed E-state index contributed by atoms with van der Waals surface area (Å²) < 4.78 is 28.7. The van der Waals surface area contributed by atoms with E-state index in [4.69, 9.17) is 0 Å². The summed E-state index contributed by atoms with van der Waals surface area (Å²) in [5.74, 6) is -1.55. The van der Waals surface area contributed by atoms with Crippen molar-refractivity contribution < 1.29 is 18.7 Å². The first-order valence-corrected chi connectivity index (χ1v) is 8.39. The Labute approximate surface area is 147 Å². The summed E-state index contributed by atoms with van der Waals surface area (Å²) in [5, 5.41) is 9.75. The molecule has 0 bridgehead atoms. The molecule has 1 heterocycles. The van der Waals surface area contributed by atoms with Gasteiger partial charge in [-0.1, -0.05) is 30.0 Å². The minimum absolute atomic E-state index is 0.0428. The van der Waals surface area contributed by atoms with Gasteiger partial charge in [0.1, 0.15) is 11.6 Å². The third-order valence-electron chi connectivity index (χ3n) is 3.66. The van der Waals surface area contributed by atoms with E-state index in [1.807, 2.05) is 0 Å². The topological polar surface area (TPSA) is 55.1 Å². The number of imidazole rings is 1. The molecule has 0 spiro atoms. The number of carboxylic acid groups (broad SMARTS) is 1. The van der Waals surface area contributed by atoms with Crippen LogP contribution in [0.1, 0.15) is 21.6 Å². The van der Waals surface area contributed by atoms with Crippen molar-refractivity contribution in [1.82, 2.24) is 9.55 Å². The number of hydrogen-bond acceptors (Lipinski definition) is 3. The Morgan fingerprint density at radius 3 is 2.60 bits per heavy atom. The number of aromatic carboxylic acids is 1. The molecule has 0 atom stereocenters. The SMILES string of the molecule is Cc1cccc(CSc2ncc(C(=O)O)n2-c2ccc(F)cc2)c1F. The highest BCUT2D eigenvalue weighted by atomic mass is 32.2. The van der Waals surface area contributed by atoms with Crippen molar-refractivity contribution in [3.05, 3.63) is 77.1 Å². The molecule has 7 heteroatoms. The Hall–Kier alpha value is -2.67. The normalized spacial score (nSPS) is 10.8. The van der Waals surface area contributed by atoms with E-state index in [1.54, 1.807) is 25.1 Å². The number of aromatic nitrogens is 2. The number of benzene rings is 2. The van der Waals surface area contributed by atoms with Crippen LogP contribution >= 0.6 is 11.8 Å². The van der Waals surface area contributed by atoms with E-state index in [2.05, 4.69) is 4.98 Å². The smallest absolute Gasteiger partial charge is 0.354 e. The maximum atomic E-state index is 14.1. The van der Waals surface area contributed by atoms with Gasteiger partial charge in [0.15, 0.2) is 10.9 Å². The molecule has 128 valence electrons. The van der Waals surface area contributed by atoms with Crippen LogP contribution in [-0.2, 0) is 5.75 Å². The molecule has 0 radical (unpaired) electrons. The monoisotopic (exact) mass is 360 g/mol. The Morgan fingerprint density at radius 2 is 1.92 bits per heavy atom. The van der Waals surface area contributed by atoms with Gasteiger partial charge in [-0.3, -0.25) is 4.57 Å². The second-order valence-corrected chi connectivity index (χ2v) is 6.32. The molecule has 0 aliphatic carbocycles. The third kappa shape index (κ3) is 3.56. The molecule has 25 heavy (non-hydrogen) atoms. The first-order chi connectivity index (χ1) is 12.0. The van der Waals surface area contributed by atoms with Crippen LogP contribution in [0, 0.1) is 18.6 Å². The first kappa shape index (κ1) is 17.2. The standard InChI is InChI=1S/C18H14F2N2O2S/c1-11-3-2-4-12(16(11)20)10-25-18-21-9-15(17(23)24)22(18)14-7-5-13(19)6-8-14/h2-9H,10H2,1H3,(H,23,24). The average Bonchev–Trinajstić information content (AvgIpc) is 3.01. The number of nitrogens with zero attached hydrogens (tertiary/aromatic N) is 2. The summed E-state index contributed by atoms with van der Waals surface area (Å²) in [6.45, 7) is 1.69. The van der Waals surface area contributed by atoms with E-state index in [0.717, 1.165) is 0 Å². The molecule has 0 aliphatic heterocycles. The van der Waals surface area contributed by atoms with Gasteiger partial charge in [0.25, 0.3) is 0 Å². The van der Waals surface area contributed by atoms with Crippen LogP contribution in [0.3, 0.4) is 0 Å².